The van der Waals surface area contributed by atoms with Crippen LogP contribution in [0.25, 0.3) is 10.8 Å². The number of rotatable bonds is 17. The maximum atomic E-state index is 13.0. The lowest BCUT2D eigenvalue weighted by atomic mass is 9.87. The lowest BCUT2D eigenvalue weighted by Crippen LogP contribution is -2.44. The Morgan fingerprint density at radius 1 is 0.636 bits per heavy atom. The van der Waals surface area contributed by atoms with Crippen molar-refractivity contribution in [2.24, 2.45) is 22.2 Å². The highest BCUT2D eigenvalue weighted by Gasteiger charge is 2.65. The number of phenols is 1. The van der Waals surface area contributed by atoms with Gasteiger partial charge in [-0.2, -0.15) is 8.78 Å². The summed E-state index contributed by atoms with van der Waals surface area (Å²) in [7, 11) is -5.87. The van der Waals surface area contributed by atoms with Crippen molar-refractivity contribution >= 4 is 55.7 Å². The molecule has 18 heteroatoms. The molecule has 3 aliphatic heterocycles. The average molecular weight is 1260 g/mol. The molecule has 3 saturated heterocycles. The molecular weight excluding hydrogens is 1170 g/mol. The summed E-state index contributed by atoms with van der Waals surface area (Å²) < 4.78 is 88.8. The fourth-order valence-corrected chi connectivity index (χ4v) is 11.3. The van der Waals surface area contributed by atoms with Crippen molar-refractivity contribution in [3.63, 3.8) is 0 Å². The Labute approximate surface area is 522 Å². The highest BCUT2D eigenvalue weighted by molar-refractivity contribution is 7.97. The number of fused-ring (bicyclic) bond motifs is 2. The Balaban J connectivity index is 0.000000201. The molecule has 1 N–H and O–H groups in total. The third kappa shape index (κ3) is 19.3. The SMILES string of the molecule is CCC(C)(C)C(=O)OC(C)C(F)(F)S(=O)(=O)[O-].CCC(C)(C)C(=O)OC1C2CC3C(=O)OC1C3O2.CCC(C)(C)C(=O)Oc1ccc(OC(C)(C)C)cc1.CCC(C)c1ccc2cc(O)ccc2c1.c1ccc([S+](c2ccccc2)c2ccccc2)cc1. The van der Waals surface area contributed by atoms with Crippen LogP contribution in [0.4, 0.5) is 8.78 Å². The monoisotopic (exact) mass is 1250 g/mol. The van der Waals surface area contributed by atoms with E-state index in [9.17, 15) is 46.0 Å². The molecule has 0 radical (unpaired) electrons. The minimum Gasteiger partial charge on any atom is -0.743 e. The standard InChI is InChI=1S/C18H15S.C16H24O3.C14H16O.C13H18O5.C9H16F2O5S/c1-4-10-16(11-5-1)19(17-12-6-2-7-13-17)18-14-8-3-9-15-18;1-7-16(5,6)14(17)18-12-8-10-13(11-9-12)19-15(2,3)4;1-3-10(2)11-4-5-13-9-14(15)7-6-12(13)8-11;1-4-13(2,3)12(15)18-9-7-5-6-8(16-7)10(9)17-11(6)14;1-5-8(3,4)7(12)16-6(2)9(10,11)17(13,14)15/h1-15H;8-11H,7H2,1-6H3;4-10,15H,3H2,1-2H3;6-10H,4-5H2,1-3H3;6H,5H2,1-4H3,(H,13,14,15)/q+1;;;;/p-1. The van der Waals surface area contributed by atoms with Gasteiger partial charge >= 0.3 is 29.1 Å². The van der Waals surface area contributed by atoms with E-state index in [1.807, 2.05) is 80.5 Å². The number of halogens is 2. The van der Waals surface area contributed by atoms with E-state index in [-0.39, 0.29) is 52.5 Å². The van der Waals surface area contributed by atoms with Crippen LogP contribution < -0.4 is 9.47 Å². The molecule has 3 heterocycles. The zero-order valence-corrected chi connectivity index (χ0v) is 55.0. The summed E-state index contributed by atoms with van der Waals surface area (Å²) in [6, 6.07) is 51.2. The molecule has 9 rings (SSSR count). The van der Waals surface area contributed by atoms with Crippen LogP contribution in [0.1, 0.15) is 147 Å². The summed E-state index contributed by atoms with van der Waals surface area (Å²) in [6.07, 6.45) is 0.0512. The Morgan fingerprint density at radius 3 is 1.56 bits per heavy atom. The number of alkyl halides is 2. The molecule has 2 bridgehead atoms. The molecular formula is C70H88F2O14S2. The first-order chi connectivity index (χ1) is 41.1. The second-order valence-electron chi connectivity index (χ2n) is 24.9. The lowest BCUT2D eigenvalue weighted by Gasteiger charge is -2.29. The van der Waals surface area contributed by atoms with Crippen LogP contribution in [0.3, 0.4) is 0 Å². The molecule has 3 fully saturated rings. The quantitative estimate of drug-likeness (QED) is 0.0297. The molecule has 3 aliphatic rings. The summed E-state index contributed by atoms with van der Waals surface area (Å²) in [6.45, 7) is 27.0. The lowest BCUT2D eigenvalue weighted by molar-refractivity contribution is -0.170. The van der Waals surface area contributed by atoms with E-state index in [4.69, 9.17) is 23.7 Å². The summed E-state index contributed by atoms with van der Waals surface area (Å²) in [5.41, 5.74) is -0.847. The van der Waals surface area contributed by atoms with Gasteiger partial charge in [-0.3, -0.25) is 19.2 Å². The van der Waals surface area contributed by atoms with E-state index < -0.39 is 55.9 Å². The Morgan fingerprint density at radius 2 is 1.09 bits per heavy atom. The summed E-state index contributed by atoms with van der Waals surface area (Å²) in [4.78, 5) is 51.0. The van der Waals surface area contributed by atoms with Gasteiger partial charge in [-0.05, 0) is 196 Å². The van der Waals surface area contributed by atoms with Crippen molar-refractivity contribution in [2.75, 3.05) is 0 Å². The number of carbonyl (C=O) groups is 4. The number of hydrogen-bond donors (Lipinski definition) is 1. The van der Waals surface area contributed by atoms with Crippen molar-refractivity contribution in [2.45, 2.75) is 198 Å². The van der Waals surface area contributed by atoms with Crippen molar-refractivity contribution in [3.05, 3.63) is 157 Å². The van der Waals surface area contributed by atoms with Crippen LogP contribution in [0.5, 0.6) is 17.2 Å². The zero-order valence-electron chi connectivity index (χ0n) is 53.3. The highest BCUT2D eigenvalue weighted by atomic mass is 32.2. The maximum Gasteiger partial charge on any atom is 0.369 e. The number of aromatic hydroxyl groups is 1. The van der Waals surface area contributed by atoms with Gasteiger partial charge in [0.2, 0.25) is 0 Å². The molecule has 7 atom stereocenters. The first-order valence-corrected chi connectivity index (χ1v) is 32.5. The fourth-order valence-electron chi connectivity index (χ4n) is 8.74. The summed E-state index contributed by atoms with van der Waals surface area (Å²) in [5, 5.41) is 7.02. The number of esters is 4. The minimum absolute atomic E-state index is 0.0146. The van der Waals surface area contributed by atoms with E-state index in [1.165, 1.54) is 39.5 Å². The molecule has 6 aromatic rings. The van der Waals surface area contributed by atoms with E-state index in [0.717, 1.165) is 24.0 Å². The van der Waals surface area contributed by atoms with E-state index >= 15 is 0 Å². The van der Waals surface area contributed by atoms with Gasteiger partial charge in [-0.25, -0.2) is 8.42 Å². The first-order valence-electron chi connectivity index (χ1n) is 29.8. The third-order valence-corrected chi connectivity index (χ3v) is 19.1. The van der Waals surface area contributed by atoms with E-state index in [1.54, 1.807) is 31.2 Å². The van der Waals surface area contributed by atoms with Gasteiger partial charge in [0.1, 0.15) is 29.0 Å². The van der Waals surface area contributed by atoms with Crippen LogP contribution in [0.2, 0.25) is 0 Å². The van der Waals surface area contributed by atoms with Gasteiger partial charge in [0.15, 0.2) is 43.1 Å². The fraction of sp³-hybridized carbons (Fsp3) is 0.457. The molecule has 88 heavy (non-hydrogen) atoms. The van der Waals surface area contributed by atoms with E-state index in [2.05, 4.69) is 128 Å². The van der Waals surface area contributed by atoms with Gasteiger partial charge in [-0.15, -0.1) is 0 Å². The smallest absolute Gasteiger partial charge is 0.369 e. The summed E-state index contributed by atoms with van der Waals surface area (Å²) in [5.74, 6) is 0.465. The number of ether oxygens (including phenoxy) is 6. The number of hydrogen-bond acceptors (Lipinski definition) is 14. The molecule has 7 unspecified atom stereocenters. The Kier molecular flexibility index (Phi) is 25.0. The number of benzene rings is 6. The Bertz CT molecular complexity index is 3260. The topological polar surface area (TPSA) is 201 Å². The molecule has 0 amide bonds. The normalized spacial score (nSPS) is 18.5. The van der Waals surface area contributed by atoms with Crippen molar-refractivity contribution < 1.29 is 74.5 Å². The predicted octanol–water partition coefficient (Wildman–Crippen LogP) is 15.6. The third-order valence-electron chi connectivity index (χ3n) is 15.9. The van der Waals surface area contributed by atoms with Gasteiger partial charge < -0.3 is 38.1 Å². The molecule has 478 valence electrons. The van der Waals surface area contributed by atoms with Gasteiger partial charge in [-0.1, -0.05) is 113 Å². The molecule has 6 aromatic carbocycles. The predicted molar refractivity (Wildman–Crippen MR) is 337 cm³/mol. The van der Waals surface area contributed by atoms with Crippen LogP contribution in [-0.2, 0) is 59.1 Å². The largest absolute Gasteiger partial charge is 0.743 e. The van der Waals surface area contributed by atoms with Crippen molar-refractivity contribution in [3.8, 4) is 17.2 Å². The second-order valence-corrected chi connectivity index (χ2v) is 28.4. The number of carbonyl (C=O) groups excluding carboxylic acids is 4. The molecule has 0 aliphatic carbocycles. The van der Waals surface area contributed by atoms with Crippen LogP contribution in [0, 0.1) is 22.2 Å². The first kappa shape index (κ1) is 71.9. The van der Waals surface area contributed by atoms with Crippen LogP contribution in [0.15, 0.2) is 166 Å². The molecule has 0 aromatic heterocycles. The van der Waals surface area contributed by atoms with Crippen LogP contribution >= 0.6 is 0 Å². The number of phenolic OH excluding ortho intramolecular Hbond substituents is 1. The minimum atomic E-state index is -5.86. The average Bonchev–Trinajstić information content (AvgIpc) is 1.58. The highest BCUT2D eigenvalue weighted by Crippen LogP contribution is 2.48. The summed E-state index contributed by atoms with van der Waals surface area (Å²) >= 11 is 0. The zero-order chi connectivity index (χ0) is 65.6. The molecule has 14 nitrogen and oxygen atoms in total. The molecule has 0 saturated carbocycles. The maximum absolute atomic E-state index is 13.0. The Hall–Kier alpha value is -6.86. The van der Waals surface area contributed by atoms with Gasteiger partial charge in [0.25, 0.3) is 0 Å². The second kappa shape index (κ2) is 30.6. The molecule has 0 spiro atoms. The van der Waals surface area contributed by atoms with Gasteiger partial charge in [0, 0.05) is 0 Å². The van der Waals surface area contributed by atoms with Crippen LogP contribution in [-0.4, -0.2) is 83.3 Å². The van der Waals surface area contributed by atoms with E-state index in [0.29, 0.717) is 43.6 Å². The van der Waals surface area contributed by atoms with Crippen molar-refractivity contribution in [1.82, 2.24) is 0 Å². The van der Waals surface area contributed by atoms with Crippen molar-refractivity contribution in [1.29, 1.82) is 0 Å². The van der Waals surface area contributed by atoms with Gasteiger partial charge in [0.05, 0.1) is 39.2 Å².